The molecule has 2 aromatic rings. The first kappa shape index (κ1) is 16.4. The lowest BCUT2D eigenvalue weighted by molar-refractivity contribution is 0.395. The van der Waals surface area contributed by atoms with Crippen molar-refractivity contribution in [2.24, 2.45) is 0 Å². The van der Waals surface area contributed by atoms with Gasteiger partial charge in [0, 0.05) is 11.1 Å². The van der Waals surface area contributed by atoms with Gasteiger partial charge in [0.05, 0.1) is 19.9 Å². The molecule has 0 saturated heterocycles. The summed E-state index contributed by atoms with van der Waals surface area (Å²) in [6.07, 6.45) is 0. The van der Waals surface area contributed by atoms with Crippen molar-refractivity contribution < 1.29 is 22.3 Å². The van der Waals surface area contributed by atoms with Gasteiger partial charge in [0.1, 0.15) is 22.2 Å². The molecule has 0 fully saturated rings. The summed E-state index contributed by atoms with van der Waals surface area (Å²) in [7, 11) is -1.26. The smallest absolute Gasteiger partial charge is 0.264 e. The van der Waals surface area contributed by atoms with Crippen molar-refractivity contribution in [1.29, 1.82) is 0 Å². The number of rotatable bonds is 5. The van der Waals surface area contributed by atoms with E-state index in [1.807, 2.05) is 0 Å². The number of ether oxygens (including phenoxy) is 2. The highest BCUT2D eigenvalue weighted by Crippen LogP contribution is 2.31. The average Bonchev–Trinajstić information content (AvgIpc) is 2.46. The van der Waals surface area contributed by atoms with Gasteiger partial charge in [-0.1, -0.05) is 11.6 Å². The van der Waals surface area contributed by atoms with Crippen LogP contribution in [-0.4, -0.2) is 22.6 Å². The molecule has 0 aliphatic carbocycles. The third-order valence-corrected chi connectivity index (χ3v) is 4.47. The molecule has 0 aromatic heterocycles. The summed E-state index contributed by atoms with van der Waals surface area (Å²) in [5.74, 6) is -0.192. The Balaban J connectivity index is 2.40. The minimum atomic E-state index is -4.12. The summed E-state index contributed by atoms with van der Waals surface area (Å²) < 4.78 is 50.7. The van der Waals surface area contributed by atoms with Gasteiger partial charge in [-0.25, -0.2) is 12.8 Å². The van der Waals surface area contributed by atoms with Crippen LogP contribution in [0.2, 0.25) is 5.02 Å². The molecule has 22 heavy (non-hydrogen) atoms. The monoisotopic (exact) mass is 345 g/mol. The number of hydrogen-bond acceptors (Lipinski definition) is 4. The van der Waals surface area contributed by atoms with Crippen LogP contribution in [-0.2, 0) is 10.0 Å². The highest BCUT2D eigenvalue weighted by atomic mass is 35.5. The van der Waals surface area contributed by atoms with Crippen LogP contribution in [0.5, 0.6) is 11.5 Å². The van der Waals surface area contributed by atoms with E-state index >= 15 is 0 Å². The molecule has 0 aliphatic heterocycles. The summed E-state index contributed by atoms with van der Waals surface area (Å²) in [6, 6.07) is 7.85. The molecule has 0 radical (unpaired) electrons. The first-order valence-electron chi connectivity index (χ1n) is 6.07. The highest BCUT2D eigenvalue weighted by molar-refractivity contribution is 7.92. The summed E-state index contributed by atoms with van der Waals surface area (Å²) in [5, 5.41) is 0.110. The van der Waals surface area contributed by atoms with Crippen LogP contribution in [0.4, 0.5) is 10.1 Å². The third-order valence-electron chi connectivity index (χ3n) is 2.84. The molecule has 2 rings (SSSR count). The van der Waals surface area contributed by atoms with Crippen molar-refractivity contribution in [3.63, 3.8) is 0 Å². The van der Waals surface area contributed by atoms with E-state index in [0.29, 0.717) is 5.75 Å². The first-order valence-corrected chi connectivity index (χ1v) is 7.93. The van der Waals surface area contributed by atoms with E-state index in [1.165, 1.54) is 32.4 Å². The zero-order valence-corrected chi connectivity index (χ0v) is 13.3. The summed E-state index contributed by atoms with van der Waals surface area (Å²) in [6.45, 7) is 0. The Bertz CT molecular complexity index is 795. The van der Waals surface area contributed by atoms with Crippen molar-refractivity contribution in [3.8, 4) is 11.5 Å². The van der Waals surface area contributed by atoms with Gasteiger partial charge in [0.25, 0.3) is 10.0 Å². The maximum atomic E-state index is 13.8. The van der Waals surface area contributed by atoms with Crippen molar-refractivity contribution in [2.75, 3.05) is 18.9 Å². The number of nitrogens with one attached hydrogen (secondary N) is 1. The highest BCUT2D eigenvalue weighted by Gasteiger charge is 2.21. The van der Waals surface area contributed by atoms with E-state index in [9.17, 15) is 12.8 Å². The molecule has 0 heterocycles. The molecule has 0 bridgehead atoms. The van der Waals surface area contributed by atoms with Crippen LogP contribution in [0.25, 0.3) is 0 Å². The Morgan fingerprint density at radius 3 is 2.41 bits per heavy atom. The van der Waals surface area contributed by atoms with E-state index in [0.717, 1.165) is 12.1 Å². The van der Waals surface area contributed by atoms with E-state index in [1.54, 1.807) is 6.07 Å². The van der Waals surface area contributed by atoms with Crippen molar-refractivity contribution in [2.45, 2.75) is 4.90 Å². The topological polar surface area (TPSA) is 64.6 Å². The van der Waals surface area contributed by atoms with E-state index < -0.39 is 20.7 Å². The number of anilines is 1. The Hall–Kier alpha value is -1.99. The molecule has 0 amide bonds. The summed E-state index contributed by atoms with van der Waals surface area (Å²) in [4.78, 5) is -0.505. The number of sulfonamides is 1. The van der Waals surface area contributed by atoms with Crippen molar-refractivity contribution >= 4 is 27.3 Å². The van der Waals surface area contributed by atoms with E-state index in [2.05, 4.69) is 4.72 Å². The average molecular weight is 346 g/mol. The quantitative estimate of drug-likeness (QED) is 0.903. The fourth-order valence-corrected chi connectivity index (χ4v) is 3.07. The third kappa shape index (κ3) is 3.42. The molecule has 0 unspecified atom stereocenters. The fourth-order valence-electron chi connectivity index (χ4n) is 1.78. The van der Waals surface area contributed by atoms with Crippen LogP contribution in [0.3, 0.4) is 0 Å². The maximum Gasteiger partial charge on any atom is 0.264 e. The normalized spacial score (nSPS) is 11.1. The van der Waals surface area contributed by atoms with Gasteiger partial charge in [-0.15, -0.1) is 0 Å². The molecule has 0 atom stereocenters. The molecule has 2 aromatic carbocycles. The number of benzene rings is 2. The molecular weight excluding hydrogens is 333 g/mol. The second-order valence-electron chi connectivity index (χ2n) is 4.25. The minimum Gasteiger partial charge on any atom is -0.497 e. The van der Waals surface area contributed by atoms with Gasteiger partial charge in [-0.3, -0.25) is 4.72 Å². The van der Waals surface area contributed by atoms with Crippen molar-refractivity contribution in [1.82, 2.24) is 0 Å². The second-order valence-corrected chi connectivity index (χ2v) is 6.33. The minimum absolute atomic E-state index is 0.110. The number of methoxy groups -OCH3 is 2. The van der Waals surface area contributed by atoms with Gasteiger partial charge >= 0.3 is 0 Å². The molecule has 0 spiro atoms. The summed E-state index contributed by atoms with van der Waals surface area (Å²) >= 11 is 5.62. The fraction of sp³-hybridized carbons (Fsp3) is 0.143. The molecular formula is C14H13ClFNO4S. The van der Waals surface area contributed by atoms with Crippen LogP contribution in [0, 0.1) is 5.82 Å². The molecule has 0 aliphatic rings. The largest absolute Gasteiger partial charge is 0.497 e. The molecule has 1 N–H and O–H groups in total. The van der Waals surface area contributed by atoms with Crippen LogP contribution >= 0.6 is 11.6 Å². The van der Waals surface area contributed by atoms with Gasteiger partial charge in [-0.05, 0) is 30.3 Å². The molecule has 0 saturated carbocycles. The van der Waals surface area contributed by atoms with E-state index in [4.69, 9.17) is 21.1 Å². The predicted molar refractivity (Wildman–Crippen MR) is 81.8 cm³/mol. The zero-order chi connectivity index (χ0) is 16.3. The molecule has 5 nitrogen and oxygen atoms in total. The van der Waals surface area contributed by atoms with E-state index in [-0.39, 0.29) is 16.5 Å². The van der Waals surface area contributed by atoms with Gasteiger partial charge in [-0.2, -0.15) is 0 Å². The molecule has 8 heteroatoms. The molecule has 118 valence electrons. The lowest BCUT2D eigenvalue weighted by Gasteiger charge is -2.13. The first-order chi connectivity index (χ1) is 10.4. The van der Waals surface area contributed by atoms with Gasteiger partial charge in [0.2, 0.25) is 0 Å². The SMILES string of the molecule is COc1ccc(NS(=O)(=O)c2ccc(Cl)cc2F)c(OC)c1. The maximum absolute atomic E-state index is 13.8. The lowest BCUT2D eigenvalue weighted by Crippen LogP contribution is -2.15. The van der Waals surface area contributed by atoms with Crippen LogP contribution < -0.4 is 14.2 Å². The number of halogens is 2. The van der Waals surface area contributed by atoms with Crippen LogP contribution in [0.1, 0.15) is 0 Å². The Morgan fingerprint density at radius 1 is 1.09 bits per heavy atom. The number of hydrogen-bond donors (Lipinski definition) is 1. The lowest BCUT2D eigenvalue weighted by atomic mass is 10.3. The van der Waals surface area contributed by atoms with Crippen LogP contribution in [0.15, 0.2) is 41.3 Å². The summed E-state index contributed by atoms with van der Waals surface area (Å²) in [5.41, 5.74) is 0.164. The van der Waals surface area contributed by atoms with Gasteiger partial charge < -0.3 is 9.47 Å². The standard InChI is InChI=1S/C14H13ClFNO4S/c1-20-10-4-5-12(13(8-10)21-2)17-22(18,19)14-6-3-9(15)7-11(14)16/h3-8,17H,1-2H3. The van der Waals surface area contributed by atoms with Gasteiger partial charge in [0.15, 0.2) is 0 Å². The Morgan fingerprint density at radius 2 is 1.82 bits per heavy atom. The Kier molecular flexibility index (Phi) is 4.77. The van der Waals surface area contributed by atoms with Crippen molar-refractivity contribution in [3.05, 3.63) is 47.2 Å². The zero-order valence-electron chi connectivity index (χ0n) is 11.8. The predicted octanol–water partition coefficient (Wildman–Crippen LogP) is 3.30. The second kappa shape index (κ2) is 6.41. The Labute approximate surface area is 132 Å².